The molecule has 3 aromatic rings. The highest BCUT2D eigenvalue weighted by Gasteiger charge is 2.19. The summed E-state index contributed by atoms with van der Waals surface area (Å²) in [5.41, 5.74) is 6.21. The molecule has 0 amide bonds. The van der Waals surface area contributed by atoms with E-state index in [4.69, 9.17) is 17.3 Å². The van der Waals surface area contributed by atoms with Gasteiger partial charge in [0.1, 0.15) is 5.69 Å². The third-order valence-corrected chi connectivity index (χ3v) is 3.11. The van der Waals surface area contributed by atoms with Crippen LogP contribution in [0.2, 0.25) is 5.02 Å². The molecule has 0 fully saturated rings. The lowest BCUT2D eigenvalue weighted by Crippen LogP contribution is -2.06. The van der Waals surface area contributed by atoms with E-state index in [0.29, 0.717) is 16.3 Å². The van der Waals surface area contributed by atoms with Gasteiger partial charge >= 0.3 is 0 Å². The van der Waals surface area contributed by atoms with Crippen LogP contribution in [-0.2, 0) is 0 Å². The Morgan fingerprint density at radius 1 is 1.10 bits per heavy atom. The molecule has 1 aromatic heterocycles. The minimum Gasteiger partial charge on any atom is -0.398 e. The first-order chi connectivity index (χ1) is 10.1. The maximum atomic E-state index is 13.9. The van der Waals surface area contributed by atoms with Crippen molar-refractivity contribution in [1.82, 2.24) is 20.2 Å². The molecule has 0 spiro atoms. The van der Waals surface area contributed by atoms with E-state index in [1.807, 2.05) is 0 Å². The van der Waals surface area contributed by atoms with Crippen LogP contribution < -0.4 is 5.73 Å². The zero-order valence-corrected chi connectivity index (χ0v) is 11.2. The first kappa shape index (κ1) is 13.4. The molecular formula is C13H8ClF2N5. The molecule has 2 aromatic carbocycles. The summed E-state index contributed by atoms with van der Waals surface area (Å²) in [6.45, 7) is 0. The second kappa shape index (κ2) is 5.10. The van der Waals surface area contributed by atoms with Gasteiger partial charge in [0.2, 0.25) is 0 Å². The standard InChI is InChI=1S/C13H8ClF2N5/c14-7-4-5-8(11(17)6-7)13-18-19-20-21(13)12-9(15)2-1-3-10(12)16/h1-6H,17H2. The van der Waals surface area contributed by atoms with Crippen molar-refractivity contribution in [3.63, 3.8) is 0 Å². The third kappa shape index (κ3) is 2.31. The van der Waals surface area contributed by atoms with Crippen LogP contribution in [0.3, 0.4) is 0 Å². The van der Waals surface area contributed by atoms with Gasteiger partial charge < -0.3 is 5.73 Å². The summed E-state index contributed by atoms with van der Waals surface area (Å²) in [6, 6.07) is 8.18. The van der Waals surface area contributed by atoms with Gasteiger partial charge in [-0.1, -0.05) is 17.7 Å². The van der Waals surface area contributed by atoms with Crippen LogP contribution in [-0.4, -0.2) is 20.2 Å². The van der Waals surface area contributed by atoms with Gasteiger partial charge in [-0.2, -0.15) is 4.68 Å². The Morgan fingerprint density at radius 3 is 2.48 bits per heavy atom. The molecule has 0 saturated carbocycles. The fourth-order valence-electron chi connectivity index (χ4n) is 1.93. The van der Waals surface area contributed by atoms with Crippen molar-refractivity contribution in [2.75, 3.05) is 5.73 Å². The van der Waals surface area contributed by atoms with Gasteiger partial charge in [-0.05, 0) is 40.8 Å². The topological polar surface area (TPSA) is 69.6 Å². The predicted molar refractivity (Wildman–Crippen MR) is 73.9 cm³/mol. The van der Waals surface area contributed by atoms with E-state index >= 15 is 0 Å². The number of hydrogen-bond acceptors (Lipinski definition) is 4. The number of nitrogen functional groups attached to an aromatic ring is 1. The highest BCUT2D eigenvalue weighted by Crippen LogP contribution is 2.29. The molecule has 0 saturated heterocycles. The number of nitrogens with zero attached hydrogens (tertiary/aromatic N) is 4. The SMILES string of the molecule is Nc1cc(Cl)ccc1-c1nnnn1-c1c(F)cccc1F. The Kier molecular flexibility index (Phi) is 3.26. The van der Waals surface area contributed by atoms with Crippen LogP contribution >= 0.6 is 11.6 Å². The average Bonchev–Trinajstić information content (AvgIpc) is 2.87. The molecule has 0 bridgehead atoms. The highest BCUT2D eigenvalue weighted by molar-refractivity contribution is 6.31. The van der Waals surface area contributed by atoms with Gasteiger partial charge in [-0.3, -0.25) is 0 Å². The number of anilines is 1. The molecule has 0 atom stereocenters. The summed E-state index contributed by atoms with van der Waals surface area (Å²) in [6.07, 6.45) is 0. The zero-order valence-electron chi connectivity index (χ0n) is 10.5. The Bertz CT molecular complexity index is 798. The number of benzene rings is 2. The van der Waals surface area contributed by atoms with Crippen LogP contribution in [0.15, 0.2) is 36.4 Å². The van der Waals surface area contributed by atoms with Crippen molar-refractivity contribution in [3.05, 3.63) is 53.1 Å². The van der Waals surface area contributed by atoms with Gasteiger partial charge in [-0.25, -0.2) is 8.78 Å². The predicted octanol–water partition coefficient (Wildman–Crippen LogP) is 2.84. The summed E-state index contributed by atoms with van der Waals surface area (Å²) in [4.78, 5) is 0. The van der Waals surface area contributed by atoms with Gasteiger partial charge in [0, 0.05) is 16.3 Å². The Hall–Kier alpha value is -2.54. The number of aromatic nitrogens is 4. The molecule has 0 aliphatic carbocycles. The summed E-state index contributed by atoms with van der Waals surface area (Å²) in [7, 11) is 0. The molecule has 106 valence electrons. The van der Waals surface area contributed by atoms with Crippen LogP contribution in [0, 0.1) is 11.6 Å². The molecule has 1 heterocycles. The number of hydrogen-bond donors (Lipinski definition) is 1. The fraction of sp³-hybridized carbons (Fsp3) is 0. The monoisotopic (exact) mass is 307 g/mol. The lowest BCUT2D eigenvalue weighted by atomic mass is 10.1. The van der Waals surface area contributed by atoms with Crippen LogP contribution in [0.5, 0.6) is 0 Å². The molecule has 0 unspecified atom stereocenters. The van der Waals surface area contributed by atoms with Crippen LogP contribution in [0.1, 0.15) is 0 Å². The second-order valence-corrected chi connectivity index (χ2v) is 4.65. The maximum absolute atomic E-state index is 13.9. The van der Waals surface area contributed by atoms with Crippen molar-refractivity contribution in [1.29, 1.82) is 0 Å². The fourth-order valence-corrected chi connectivity index (χ4v) is 2.11. The smallest absolute Gasteiger partial charge is 0.189 e. The number of rotatable bonds is 2. The molecule has 0 aliphatic heterocycles. The Balaban J connectivity index is 2.22. The molecule has 2 N–H and O–H groups in total. The van der Waals surface area contributed by atoms with E-state index in [2.05, 4.69) is 15.5 Å². The first-order valence-corrected chi connectivity index (χ1v) is 6.24. The van der Waals surface area contributed by atoms with E-state index in [1.54, 1.807) is 12.1 Å². The zero-order chi connectivity index (χ0) is 15.0. The number of para-hydroxylation sites is 1. The lowest BCUT2D eigenvalue weighted by Gasteiger charge is -2.08. The summed E-state index contributed by atoms with van der Waals surface area (Å²) >= 11 is 5.83. The van der Waals surface area contributed by atoms with Crippen molar-refractivity contribution in [2.45, 2.75) is 0 Å². The molecule has 5 nitrogen and oxygen atoms in total. The van der Waals surface area contributed by atoms with Crippen molar-refractivity contribution in [3.8, 4) is 17.1 Å². The molecule has 8 heteroatoms. The van der Waals surface area contributed by atoms with Gasteiger partial charge in [0.25, 0.3) is 0 Å². The quantitative estimate of drug-likeness (QED) is 0.739. The third-order valence-electron chi connectivity index (χ3n) is 2.87. The van der Waals surface area contributed by atoms with Crippen molar-refractivity contribution in [2.24, 2.45) is 0 Å². The minimum absolute atomic E-state index is 0.119. The molecule has 3 rings (SSSR count). The molecule has 0 aliphatic rings. The number of halogens is 3. The van der Waals surface area contributed by atoms with E-state index in [9.17, 15) is 8.78 Å². The normalized spacial score (nSPS) is 10.8. The van der Waals surface area contributed by atoms with Crippen LogP contribution in [0.4, 0.5) is 14.5 Å². The summed E-state index contributed by atoms with van der Waals surface area (Å²) in [5.74, 6) is -1.44. The second-order valence-electron chi connectivity index (χ2n) is 4.22. The van der Waals surface area contributed by atoms with E-state index in [-0.39, 0.29) is 11.5 Å². The Morgan fingerprint density at radius 2 is 1.81 bits per heavy atom. The van der Waals surface area contributed by atoms with Crippen molar-refractivity contribution < 1.29 is 8.78 Å². The van der Waals surface area contributed by atoms with Gasteiger partial charge in [0.05, 0.1) is 0 Å². The lowest BCUT2D eigenvalue weighted by molar-refractivity contribution is 0.557. The minimum atomic E-state index is -0.781. The molecule has 21 heavy (non-hydrogen) atoms. The summed E-state index contributed by atoms with van der Waals surface area (Å²) < 4.78 is 28.7. The number of nitrogens with two attached hydrogens (primary N) is 1. The highest BCUT2D eigenvalue weighted by atomic mass is 35.5. The van der Waals surface area contributed by atoms with Gasteiger partial charge in [0.15, 0.2) is 17.5 Å². The maximum Gasteiger partial charge on any atom is 0.189 e. The first-order valence-electron chi connectivity index (χ1n) is 5.86. The van der Waals surface area contributed by atoms with Crippen molar-refractivity contribution >= 4 is 17.3 Å². The Labute approximate surface area is 123 Å². The average molecular weight is 308 g/mol. The number of tetrazole rings is 1. The van der Waals surface area contributed by atoms with E-state index in [1.165, 1.54) is 12.1 Å². The largest absolute Gasteiger partial charge is 0.398 e. The van der Waals surface area contributed by atoms with Gasteiger partial charge in [-0.15, -0.1) is 5.10 Å². The molecular weight excluding hydrogens is 300 g/mol. The molecule has 0 radical (unpaired) electrons. The van der Waals surface area contributed by atoms with E-state index in [0.717, 1.165) is 16.8 Å². The van der Waals surface area contributed by atoms with Crippen LogP contribution in [0.25, 0.3) is 17.1 Å². The van der Waals surface area contributed by atoms with E-state index < -0.39 is 11.6 Å². The summed E-state index contributed by atoms with van der Waals surface area (Å²) in [5, 5.41) is 11.3.